The lowest BCUT2D eigenvalue weighted by atomic mass is 10.1. The summed E-state index contributed by atoms with van der Waals surface area (Å²) in [6.07, 6.45) is -1.14. The molecule has 1 fully saturated rings. The molecule has 1 N–H and O–H groups in total. The van der Waals surface area contributed by atoms with Gasteiger partial charge in [0.1, 0.15) is 11.8 Å². The molecule has 1 heterocycles. The molecule has 0 radical (unpaired) electrons. The van der Waals surface area contributed by atoms with Crippen molar-refractivity contribution >= 4 is 12.1 Å². The van der Waals surface area contributed by atoms with E-state index in [-0.39, 0.29) is 18.9 Å². The van der Waals surface area contributed by atoms with Gasteiger partial charge in [-0.15, -0.1) is 0 Å². The van der Waals surface area contributed by atoms with Crippen LogP contribution in [0.5, 0.6) is 5.75 Å². The van der Waals surface area contributed by atoms with E-state index in [4.69, 9.17) is 5.11 Å². The molecule has 2 rings (SSSR count). The Kier molecular flexibility index (Phi) is 4.02. The Morgan fingerprint density at radius 1 is 1.45 bits per heavy atom. The number of alkyl halides is 2. The van der Waals surface area contributed by atoms with Crippen molar-refractivity contribution in [2.24, 2.45) is 0 Å². The Hall–Kier alpha value is -2.38. The van der Waals surface area contributed by atoms with Gasteiger partial charge in [0.2, 0.25) is 0 Å². The minimum Gasteiger partial charge on any atom is -0.465 e. The largest absolute Gasteiger partial charge is 0.465 e. The Labute approximate surface area is 112 Å². The SMILES string of the molecule is O=C1OCN(C(=O)O)C1Cc1ccc(OC(F)F)cc1. The molecular formula is C12H11F2NO5. The highest BCUT2D eigenvalue weighted by molar-refractivity contribution is 5.83. The zero-order valence-electron chi connectivity index (χ0n) is 10.2. The van der Waals surface area contributed by atoms with Crippen LogP contribution >= 0.6 is 0 Å². The number of ether oxygens (including phenoxy) is 2. The predicted octanol–water partition coefficient (Wildman–Crippen LogP) is 1.69. The van der Waals surface area contributed by atoms with Crippen LogP contribution in [-0.2, 0) is 16.0 Å². The number of benzene rings is 1. The molecule has 1 saturated heterocycles. The first kappa shape index (κ1) is 14.0. The van der Waals surface area contributed by atoms with Crippen LogP contribution in [-0.4, -0.2) is 41.5 Å². The molecule has 108 valence electrons. The molecule has 1 aromatic carbocycles. The molecule has 1 aliphatic heterocycles. The molecule has 1 aromatic rings. The second-order valence-electron chi connectivity index (χ2n) is 4.09. The molecule has 0 spiro atoms. The maximum absolute atomic E-state index is 12.0. The smallest absolute Gasteiger partial charge is 0.410 e. The molecule has 1 amide bonds. The number of cyclic esters (lactones) is 1. The van der Waals surface area contributed by atoms with Crippen LogP contribution in [0.15, 0.2) is 24.3 Å². The van der Waals surface area contributed by atoms with Crippen molar-refractivity contribution in [3.8, 4) is 5.75 Å². The molecule has 0 aliphatic carbocycles. The Bertz CT molecular complexity index is 505. The van der Waals surface area contributed by atoms with Gasteiger partial charge in [-0.3, -0.25) is 4.90 Å². The molecule has 1 aliphatic rings. The molecule has 6 nitrogen and oxygen atoms in total. The molecule has 20 heavy (non-hydrogen) atoms. The van der Waals surface area contributed by atoms with E-state index in [1.165, 1.54) is 24.3 Å². The maximum atomic E-state index is 12.0. The summed E-state index contributed by atoms with van der Waals surface area (Å²) in [7, 11) is 0. The van der Waals surface area contributed by atoms with Crippen LogP contribution in [0.1, 0.15) is 5.56 Å². The molecular weight excluding hydrogens is 276 g/mol. The van der Waals surface area contributed by atoms with Crippen LogP contribution in [0.3, 0.4) is 0 Å². The topological polar surface area (TPSA) is 76.1 Å². The number of carbonyl (C=O) groups is 2. The number of carbonyl (C=O) groups excluding carboxylic acids is 1. The van der Waals surface area contributed by atoms with E-state index in [9.17, 15) is 18.4 Å². The van der Waals surface area contributed by atoms with Crippen molar-refractivity contribution < 1.29 is 33.0 Å². The van der Waals surface area contributed by atoms with Gasteiger partial charge >= 0.3 is 18.7 Å². The first-order valence-electron chi connectivity index (χ1n) is 5.67. The van der Waals surface area contributed by atoms with Gasteiger partial charge in [-0.25, -0.2) is 9.59 Å². The first-order chi connectivity index (χ1) is 9.47. The highest BCUT2D eigenvalue weighted by atomic mass is 19.3. The normalized spacial score (nSPS) is 18.2. The van der Waals surface area contributed by atoms with E-state index in [0.717, 1.165) is 4.90 Å². The molecule has 1 atom stereocenters. The lowest BCUT2D eigenvalue weighted by Gasteiger charge is -2.16. The van der Waals surface area contributed by atoms with Gasteiger partial charge in [0, 0.05) is 6.42 Å². The van der Waals surface area contributed by atoms with Crippen LogP contribution in [0.25, 0.3) is 0 Å². The fourth-order valence-electron chi connectivity index (χ4n) is 1.86. The van der Waals surface area contributed by atoms with Crippen molar-refractivity contribution in [2.75, 3.05) is 6.73 Å². The third-order valence-corrected chi connectivity index (χ3v) is 2.82. The number of rotatable bonds is 4. The van der Waals surface area contributed by atoms with E-state index >= 15 is 0 Å². The number of nitrogens with zero attached hydrogens (tertiary/aromatic N) is 1. The lowest BCUT2D eigenvalue weighted by Crippen LogP contribution is -2.38. The maximum Gasteiger partial charge on any atom is 0.410 e. The summed E-state index contributed by atoms with van der Waals surface area (Å²) in [5.41, 5.74) is 0.613. The van der Waals surface area contributed by atoms with Crippen molar-refractivity contribution in [3.05, 3.63) is 29.8 Å². The summed E-state index contributed by atoms with van der Waals surface area (Å²) >= 11 is 0. The van der Waals surface area contributed by atoms with Gasteiger partial charge in [0.25, 0.3) is 0 Å². The Morgan fingerprint density at radius 2 is 2.10 bits per heavy atom. The van der Waals surface area contributed by atoms with Crippen LogP contribution in [0.2, 0.25) is 0 Å². The van der Waals surface area contributed by atoms with E-state index < -0.39 is 24.7 Å². The first-order valence-corrected chi connectivity index (χ1v) is 5.67. The van der Waals surface area contributed by atoms with Gasteiger partial charge < -0.3 is 14.6 Å². The average molecular weight is 287 g/mol. The Balaban J connectivity index is 2.05. The molecule has 0 saturated carbocycles. The van der Waals surface area contributed by atoms with E-state index in [1.54, 1.807) is 0 Å². The van der Waals surface area contributed by atoms with Crippen LogP contribution < -0.4 is 4.74 Å². The van der Waals surface area contributed by atoms with Gasteiger partial charge in [-0.1, -0.05) is 12.1 Å². The zero-order chi connectivity index (χ0) is 14.7. The van der Waals surface area contributed by atoms with Gasteiger partial charge in [0.15, 0.2) is 6.73 Å². The van der Waals surface area contributed by atoms with Crippen molar-refractivity contribution in [3.63, 3.8) is 0 Å². The lowest BCUT2D eigenvalue weighted by molar-refractivity contribution is -0.139. The summed E-state index contributed by atoms with van der Waals surface area (Å²) < 4.78 is 32.8. The van der Waals surface area contributed by atoms with Crippen molar-refractivity contribution in [2.45, 2.75) is 19.1 Å². The van der Waals surface area contributed by atoms with Gasteiger partial charge in [0.05, 0.1) is 0 Å². The molecule has 1 unspecified atom stereocenters. The van der Waals surface area contributed by atoms with Gasteiger partial charge in [-0.2, -0.15) is 8.78 Å². The van der Waals surface area contributed by atoms with E-state index in [1.807, 2.05) is 0 Å². The fraction of sp³-hybridized carbons (Fsp3) is 0.333. The van der Waals surface area contributed by atoms with Crippen molar-refractivity contribution in [1.82, 2.24) is 4.90 Å². The van der Waals surface area contributed by atoms with E-state index in [0.29, 0.717) is 5.56 Å². The highest BCUT2D eigenvalue weighted by Gasteiger charge is 2.37. The quantitative estimate of drug-likeness (QED) is 0.853. The van der Waals surface area contributed by atoms with E-state index in [2.05, 4.69) is 9.47 Å². The summed E-state index contributed by atoms with van der Waals surface area (Å²) in [6, 6.07) is 4.71. The number of hydrogen-bond donors (Lipinski definition) is 1. The minimum absolute atomic E-state index is 0.00663. The number of carboxylic acid groups (broad SMARTS) is 1. The van der Waals surface area contributed by atoms with Crippen LogP contribution in [0, 0.1) is 0 Å². The average Bonchev–Trinajstić information content (AvgIpc) is 2.73. The monoisotopic (exact) mass is 287 g/mol. The number of halogens is 2. The molecule has 8 heteroatoms. The second kappa shape index (κ2) is 5.72. The predicted molar refractivity (Wildman–Crippen MR) is 61.4 cm³/mol. The summed E-state index contributed by atoms with van der Waals surface area (Å²) in [5, 5.41) is 8.91. The zero-order valence-corrected chi connectivity index (χ0v) is 10.2. The summed E-state index contributed by atoms with van der Waals surface area (Å²) in [6.45, 7) is -3.21. The van der Waals surface area contributed by atoms with Crippen LogP contribution in [0.4, 0.5) is 13.6 Å². The second-order valence-corrected chi connectivity index (χ2v) is 4.09. The van der Waals surface area contributed by atoms with Gasteiger partial charge in [-0.05, 0) is 17.7 Å². The highest BCUT2D eigenvalue weighted by Crippen LogP contribution is 2.20. The summed E-state index contributed by atoms with van der Waals surface area (Å²) in [5.74, 6) is -0.631. The summed E-state index contributed by atoms with van der Waals surface area (Å²) in [4.78, 5) is 23.2. The minimum atomic E-state index is -2.91. The molecule has 0 aromatic heterocycles. The standard InChI is InChI=1S/C12H11F2NO5/c13-11(14)20-8-3-1-7(2-4-8)5-9-10(16)19-6-15(9)12(17)18/h1-4,9,11H,5-6H2,(H,17,18). The van der Waals surface area contributed by atoms with Crippen molar-refractivity contribution in [1.29, 1.82) is 0 Å². The fourth-order valence-corrected chi connectivity index (χ4v) is 1.86. The number of amides is 1. The molecule has 0 bridgehead atoms. The Morgan fingerprint density at radius 3 is 2.65 bits per heavy atom. The third-order valence-electron chi connectivity index (χ3n) is 2.82. The number of esters is 1. The number of hydrogen-bond acceptors (Lipinski definition) is 4. The third kappa shape index (κ3) is 3.14.